The van der Waals surface area contributed by atoms with Crippen LogP contribution in [0.5, 0.6) is 0 Å². The number of thiol groups is 1. The Labute approximate surface area is 85.8 Å². The van der Waals surface area contributed by atoms with E-state index >= 15 is 0 Å². The lowest BCUT2D eigenvalue weighted by molar-refractivity contribution is 0.0937. The first-order valence-corrected chi connectivity index (χ1v) is 5.44. The maximum absolute atomic E-state index is 5.35. The van der Waals surface area contributed by atoms with E-state index in [2.05, 4.69) is 17.5 Å². The van der Waals surface area contributed by atoms with Crippen LogP contribution >= 0.6 is 12.6 Å². The predicted octanol–water partition coefficient (Wildman–Crippen LogP) is 0.653. The summed E-state index contributed by atoms with van der Waals surface area (Å²) in [6, 6.07) is 0. The second kappa shape index (κ2) is 6.65. The van der Waals surface area contributed by atoms with Crippen LogP contribution in [0, 0.1) is 0 Å². The van der Waals surface area contributed by atoms with Crippen LogP contribution in [0.2, 0.25) is 0 Å². The Bertz CT molecular complexity index is 135. The zero-order valence-corrected chi connectivity index (χ0v) is 9.13. The van der Waals surface area contributed by atoms with Gasteiger partial charge in [-0.05, 0) is 6.42 Å². The number of methoxy groups -OCH3 is 1. The van der Waals surface area contributed by atoms with Crippen LogP contribution in [0.3, 0.4) is 0 Å². The van der Waals surface area contributed by atoms with E-state index in [1.54, 1.807) is 7.11 Å². The van der Waals surface area contributed by atoms with Gasteiger partial charge in [0, 0.05) is 32.5 Å². The summed E-state index contributed by atoms with van der Waals surface area (Å²) in [6.07, 6.45) is 1.59. The fourth-order valence-electron chi connectivity index (χ4n) is 1.55. The van der Waals surface area contributed by atoms with Crippen LogP contribution in [0.15, 0.2) is 0 Å². The van der Waals surface area contributed by atoms with Crippen molar-refractivity contribution in [3.8, 4) is 0 Å². The highest BCUT2D eigenvalue weighted by Crippen LogP contribution is 2.10. The summed E-state index contributed by atoms with van der Waals surface area (Å²) in [5, 5.41) is 0. The SMILES string of the molecule is COC1CCN(CCOCCS)C1. The molecule has 1 aliphatic rings. The van der Waals surface area contributed by atoms with Gasteiger partial charge in [-0.15, -0.1) is 0 Å². The lowest BCUT2D eigenvalue weighted by Crippen LogP contribution is -2.26. The number of likely N-dealkylation sites (tertiary alicyclic amines) is 1. The summed E-state index contributed by atoms with van der Waals surface area (Å²) in [7, 11) is 1.78. The van der Waals surface area contributed by atoms with E-state index in [0.29, 0.717) is 6.10 Å². The Morgan fingerprint density at radius 2 is 2.31 bits per heavy atom. The Morgan fingerprint density at radius 1 is 1.46 bits per heavy atom. The molecule has 0 aromatic carbocycles. The minimum absolute atomic E-state index is 0.435. The Balaban J connectivity index is 1.97. The van der Waals surface area contributed by atoms with Gasteiger partial charge in [-0.25, -0.2) is 0 Å². The second-order valence-corrected chi connectivity index (χ2v) is 3.73. The van der Waals surface area contributed by atoms with E-state index < -0.39 is 0 Å². The van der Waals surface area contributed by atoms with E-state index in [0.717, 1.165) is 45.0 Å². The number of ether oxygens (including phenoxy) is 2. The van der Waals surface area contributed by atoms with Gasteiger partial charge in [0.25, 0.3) is 0 Å². The standard InChI is InChI=1S/C9H19NO2S/c1-11-9-2-3-10(8-9)4-5-12-6-7-13/h9,13H,2-8H2,1H3. The molecule has 1 saturated heterocycles. The first-order chi connectivity index (χ1) is 6.36. The lowest BCUT2D eigenvalue weighted by atomic mass is 10.3. The van der Waals surface area contributed by atoms with Crippen LogP contribution < -0.4 is 0 Å². The Hall–Kier alpha value is 0.230. The first-order valence-electron chi connectivity index (χ1n) is 4.80. The van der Waals surface area contributed by atoms with Gasteiger partial charge in [0.05, 0.1) is 19.3 Å². The largest absolute Gasteiger partial charge is 0.380 e. The maximum atomic E-state index is 5.35. The van der Waals surface area contributed by atoms with Crippen molar-refractivity contribution in [2.75, 3.05) is 45.7 Å². The fourth-order valence-corrected chi connectivity index (χ4v) is 1.68. The number of rotatable bonds is 6. The fraction of sp³-hybridized carbons (Fsp3) is 1.00. The zero-order valence-electron chi connectivity index (χ0n) is 8.24. The number of hydrogen-bond acceptors (Lipinski definition) is 4. The van der Waals surface area contributed by atoms with Crippen molar-refractivity contribution in [3.05, 3.63) is 0 Å². The van der Waals surface area contributed by atoms with Gasteiger partial charge in [-0.3, -0.25) is 4.90 Å². The van der Waals surface area contributed by atoms with E-state index in [1.807, 2.05) is 0 Å². The molecule has 0 amide bonds. The molecule has 1 fully saturated rings. The molecule has 1 atom stereocenters. The normalized spacial score (nSPS) is 24.0. The minimum Gasteiger partial charge on any atom is -0.380 e. The Morgan fingerprint density at radius 3 is 2.92 bits per heavy atom. The molecule has 13 heavy (non-hydrogen) atoms. The molecule has 0 aromatic rings. The van der Waals surface area contributed by atoms with Gasteiger partial charge >= 0.3 is 0 Å². The lowest BCUT2D eigenvalue weighted by Gasteiger charge is -2.14. The zero-order chi connectivity index (χ0) is 9.52. The topological polar surface area (TPSA) is 21.7 Å². The molecule has 1 aliphatic heterocycles. The van der Waals surface area contributed by atoms with Gasteiger partial charge in [0.2, 0.25) is 0 Å². The summed E-state index contributed by atoms with van der Waals surface area (Å²) in [5.41, 5.74) is 0. The molecule has 0 aliphatic carbocycles. The molecule has 0 spiro atoms. The highest BCUT2D eigenvalue weighted by Gasteiger charge is 2.20. The second-order valence-electron chi connectivity index (χ2n) is 3.28. The molecule has 0 N–H and O–H groups in total. The summed E-state index contributed by atoms with van der Waals surface area (Å²) < 4.78 is 10.6. The van der Waals surface area contributed by atoms with E-state index in [-0.39, 0.29) is 0 Å². The molecule has 3 nitrogen and oxygen atoms in total. The summed E-state index contributed by atoms with van der Waals surface area (Å²) in [6.45, 7) is 4.79. The number of hydrogen-bond donors (Lipinski definition) is 1. The van der Waals surface area contributed by atoms with Gasteiger partial charge < -0.3 is 9.47 Å². The maximum Gasteiger partial charge on any atom is 0.0710 e. The van der Waals surface area contributed by atoms with Crippen molar-refractivity contribution in [2.45, 2.75) is 12.5 Å². The van der Waals surface area contributed by atoms with Crippen LogP contribution in [0.1, 0.15) is 6.42 Å². The summed E-state index contributed by atoms with van der Waals surface area (Å²) in [4.78, 5) is 2.38. The van der Waals surface area contributed by atoms with Crippen molar-refractivity contribution >= 4 is 12.6 Å². The first kappa shape index (κ1) is 11.3. The molecule has 0 radical (unpaired) electrons. The smallest absolute Gasteiger partial charge is 0.0710 e. The minimum atomic E-state index is 0.435. The molecule has 0 saturated carbocycles. The molecule has 1 heterocycles. The van der Waals surface area contributed by atoms with Crippen LogP contribution in [0.4, 0.5) is 0 Å². The molecule has 0 bridgehead atoms. The van der Waals surface area contributed by atoms with Crippen molar-refractivity contribution < 1.29 is 9.47 Å². The average molecular weight is 205 g/mol. The van der Waals surface area contributed by atoms with E-state index in [4.69, 9.17) is 9.47 Å². The van der Waals surface area contributed by atoms with Crippen molar-refractivity contribution in [2.24, 2.45) is 0 Å². The molecular formula is C9H19NO2S. The van der Waals surface area contributed by atoms with Crippen LogP contribution in [-0.2, 0) is 9.47 Å². The van der Waals surface area contributed by atoms with E-state index in [1.165, 1.54) is 0 Å². The Kier molecular flexibility index (Phi) is 5.78. The van der Waals surface area contributed by atoms with E-state index in [9.17, 15) is 0 Å². The number of nitrogens with zero attached hydrogens (tertiary/aromatic N) is 1. The van der Waals surface area contributed by atoms with Crippen LogP contribution in [0.25, 0.3) is 0 Å². The highest BCUT2D eigenvalue weighted by molar-refractivity contribution is 7.80. The third-order valence-corrected chi connectivity index (χ3v) is 2.53. The molecule has 4 heteroatoms. The van der Waals surface area contributed by atoms with Gasteiger partial charge in [-0.2, -0.15) is 12.6 Å². The quantitative estimate of drug-likeness (QED) is 0.508. The third-order valence-electron chi connectivity index (χ3n) is 2.35. The van der Waals surface area contributed by atoms with Crippen molar-refractivity contribution in [3.63, 3.8) is 0 Å². The van der Waals surface area contributed by atoms with Crippen molar-refractivity contribution in [1.82, 2.24) is 4.90 Å². The molecular weight excluding hydrogens is 186 g/mol. The molecule has 78 valence electrons. The monoisotopic (exact) mass is 205 g/mol. The average Bonchev–Trinajstić information content (AvgIpc) is 2.60. The van der Waals surface area contributed by atoms with Gasteiger partial charge in [0.1, 0.15) is 0 Å². The molecule has 1 unspecified atom stereocenters. The molecule has 0 aromatic heterocycles. The van der Waals surface area contributed by atoms with Gasteiger partial charge in [-0.1, -0.05) is 0 Å². The third kappa shape index (κ3) is 4.31. The molecule has 1 rings (SSSR count). The van der Waals surface area contributed by atoms with Crippen LogP contribution in [-0.4, -0.2) is 56.7 Å². The van der Waals surface area contributed by atoms with Crippen molar-refractivity contribution in [1.29, 1.82) is 0 Å². The summed E-state index contributed by atoms with van der Waals surface area (Å²) >= 11 is 4.07. The predicted molar refractivity (Wildman–Crippen MR) is 56.5 cm³/mol. The highest BCUT2D eigenvalue weighted by atomic mass is 32.1. The van der Waals surface area contributed by atoms with Gasteiger partial charge in [0.15, 0.2) is 0 Å². The summed E-state index contributed by atoms with van der Waals surface area (Å²) in [5.74, 6) is 0.806.